The molecule has 1 aliphatic heterocycles. The van der Waals surface area contributed by atoms with Crippen LogP contribution in [0.15, 0.2) is 0 Å². The van der Waals surface area contributed by atoms with Crippen molar-refractivity contribution >= 4 is 23.9 Å². The fourth-order valence-corrected chi connectivity index (χ4v) is 2.30. The van der Waals surface area contributed by atoms with Crippen LogP contribution in [0.5, 0.6) is 0 Å². The zero-order chi connectivity index (χ0) is 18.7. The maximum absolute atomic E-state index is 12.4. The highest BCUT2D eigenvalue weighted by Crippen LogP contribution is 2.14. The van der Waals surface area contributed by atoms with Gasteiger partial charge in [0, 0.05) is 26.6 Å². The van der Waals surface area contributed by atoms with E-state index in [-0.39, 0.29) is 18.9 Å². The Kier molecular flexibility index (Phi) is 9.61. The summed E-state index contributed by atoms with van der Waals surface area (Å²) in [6, 6.07) is -0.981. The fourth-order valence-electron chi connectivity index (χ4n) is 2.30. The molecule has 0 aromatic carbocycles. The molecule has 1 aliphatic rings. The van der Waals surface area contributed by atoms with Crippen LogP contribution in [0.2, 0.25) is 0 Å². The minimum atomic E-state index is -0.981. The molecule has 25 heavy (non-hydrogen) atoms. The third kappa shape index (κ3) is 8.02. The summed E-state index contributed by atoms with van der Waals surface area (Å²) in [7, 11) is 1.38. The number of ether oxygens (including phenoxy) is 3. The van der Waals surface area contributed by atoms with Crippen LogP contribution in [0, 0.1) is 0 Å². The van der Waals surface area contributed by atoms with Gasteiger partial charge in [-0.1, -0.05) is 0 Å². The van der Waals surface area contributed by atoms with Gasteiger partial charge in [0.2, 0.25) is 11.7 Å². The van der Waals surface area contributed by atoms with Crippen molar-refractivity contribution < 1.29 is 33.4 Å². The van der Waals surface area contributed by atoms with E-state index in [9.17, 15) is 14.4 Å². The molecule has 140 valence electrons. The molecule has 9 nitrogen and oxygen atoms in total. The van der Waals surface area contributed by atoms with E-state index in [1.54, 1.807) is 6.92 Å². The first-order valence-corrected chi connectivity index (χ1v) is 8.29. The summed E-state index contributed by atoms with van der Waals surface area (Å²) in [5, 5.41) is 2.54. The minimum Gasteiger partial charge on any atom is -0.461 e. The van der Waals surface area contributed by atoms with Crippen molar-refractivity contribution in [3.63, 3.8) is 0 Å². The molecule has 0 unspecified atom stereocenters. The van der Waals surface area contributed by atoms with Crippen molar-refractivity contribution in [1.82, 2.24) is 5.32 Å². The summed E-state index contributed by atoms with van der Waals surface area (Å²) in [4.78, 5) is 38.5. The van der Waals surface area contributed by atoms with E-state index >= 15 is 0 Å². The van der Waals surface area contributed by atoms with Crippen molar-refractivity contribution in [2.45, 2.75) is 57.3 Å². The molecule has 0 aromatic rings. The Bertz CT molecular complexity index is 510. The third-order valence-corrected chi connectivity index (χ3v) is 3.89. The lowest BCUT2D eigenvalue weighted by molar-refractivity contribution is -0.154. The molecule has 0 aliphatic carbocycles. The highest BCUT2D eigenvalue weighted by molar-refractivity contribution is 6.25. The standard InChI is InChI=1S/C16H25N3O6/c1-11(23-2)15(21)19-14(6-5-12(20)10-18-17)16(22)25-13-4-3-8-24-9-7-13/h10-11,13-14H,3-9H2,1-2H3,(H,19,21)/t11-,13+,14-/m0/s1. The Morgan fingerprint density at radius 3 is 2.80 bits per heavy atom. The Morgan fingerprint density at radius 1 is 1.36 bits per heavy atom. The van der Waals surface area contributed by atoms with Crippen molar-refractivity contribution in [2.75, 3.05) is 20.3 Å². The van der Waals surface area contributed by atoms with E-state index in [1.165, 1.54) is 7.11 Å². The molecular formula is C16H25N3O6. The van der Waals surface area contributed by atoms with Gasteiger partial charge < -0.3 is 25.1 Å². The molecule has 1 saturated heterocycles. The first kappa shape index (κ1) is 21.0. The predicted molar refractivity (Wildman–Crippen MR) is 86.9 cm³/mol. The maximum Gasteiger partial charge on any atom is 0.328 e. The second-order valence-corrected chi connectivity index (χ2v) is 5.79. The third-order valence-electron chi connectivity index (χ3n) is 3.89. The molecule has 1 rings (SSSR count). The molecule has 9 heteroatoms. The van der Waals surface area contributed by atoms with Gasteiger partial charge in [-0.3, -0.25) is 9.59 Å². The van der Waals surface area contributed by atoms with Gasteiger partial charge >= 0.3 is 12.2 Å². The number of nitrogens with one attached hydrogen (secondary N) is 1. The summed E-state index contributed by atoms with van der Waals surface area (Å²) in [6.07, 6.45) is 1.79. The number of esters is 1. The number of ketones is 1. The molecular weight excluding hydrogens is 330 g/mol. The van der Waals surface area contributed by atoms with Crippen LogP contribution in [0.25, 0.3) is 5.53 Å². The number of hydrogen-bond donors (Lipinski definition) is 1. The summed E-state index contributed by atoms with van der Waals surface area (Å²) in [6.45, 7) is 2.69. The number of rotatable bonds is 9. The molecule has 0 bridgehead atoms. The van der Waals surface area contributed by atoms with Crippen LogP contribution in [-0.4, -0.2) is 67.2 Å². The molecule has 1 heterocycles. The SMILES string of the molecule is CO[C@@H](C)C(=O)N[C@@H](CCC(=O)C=[N+]=[N-])C(=O)O[C@@H]1CCCOCC1. The summed E-state index contributed by atoms with van der Waals surface area (Å²) in [5.41, 5.74) is 8.36. The van der Waals surface area contributed by atoms with E-state index < -0.39 is 29.8 Å². The van der Waals surface area contributed by atoms with Gasteiger partial charge in [-0.2, -0.15) is 4.79 Å². The van der Waals surface area contributed by atoms with Gasteiger partial charge in [0.25, 0.3) is 0 Å². The van der Waals surface area contributed by atoms with Crippen molar-refractivity contribution in [1.29, 1.82) is 0 Å². The van der Waals surface area contributed by atoms with Crippen molar-refractivity contribution in [3.05, 3.63) is 5.53 Å². The second-order valence-electron chi connectivity index (χ2n) is 5.79. The van der Waals surface area contributed by atoms with Gasteiger partial charge in [0.15, 0.2) is 0 Å². The monoisotopic (exact) mass is 355 g/mol. The molecule has 1 N–H and O–H groups in total. The number of carbonyl (C=O) groups is 3. The normalized spacial score (nSPS) is 19.7. The van der Waals surface area contributed by atoms with Gasteiger partial charge in [0.05, 0.1) is 6.61 Å². The molecule has 1 amide bonds. The van der Waals surface area contributed by atoms with Gasteiger partial charge in [-0.25, -0.2) is 4.79 Å². The molecule has 3 atom stereocenters. The number of hydrogen-bond acceptors (Lipinski definition) is 6. The van der Waals surface area contributed by atoms with E-state index in [0.717, 1.165) is 12.6 Å². The topological polar surface area (TPSA) is 127 Å². The lowest BCUT2D eigenvalue weighted by atomic mass is 10.1. The number of methoxy groups -OCH3 is 1. The highest BCUT2D eigenvalue weighted by Gasteiger charge is 2.28. The minimum absolute atomic E-state index is 0.0368. The zero-order valence-electron chi connectivity index (χ0n) is 14.6. The number of Topliss-reactive ketones (excluding diaryl/α,β-unsaturated/α-hetero) is 1. The highest BCUT2D eigenvalue weighted by atomic mass is 16.5. The van der Waals surface area contributed by atoms with E-state index in [4.69, 9.17) is 19.7 Å². The lowest BCUT2D eigenvalue weighted by Crippen LogP contribution is -2.47. The molecule has 0 radical (unpaired) electrons. The molecule has 0 aromatic heterocycles. The fraction of sp³-hybridized carbons (Fsp3) is 0.750. The Labute approximate surface area is 146 Å². The van der Waals surface area contributed by atoms with Crippen LogP contribution in [0.4, 0.5) is 0 Å². The van der Waals surface area contributed by atoms with Gasteiger partial charge in [-0.05, 0) is 26.2 Å². The average Bonchev–Trinajstić information content (AvgIpc) is 2.86. The lowest BCUT2D eigenvalue weighted by Gasteiger charge is -2.22. The largest absolute Gasteiger partial charge is 0.461 e. The smallest absolute Gasteiger partial charge is 0.328 e. The summed E-state index contributed by atoms with van der Waals surface area (Å²) in [5.74, 6) is -1.54. The van der Waals surface area contributed by atoms with Crippen LogP contribution in [0.3, 0.4) is 0 Å². The summed E-state index contributed by atoms with van der Waals surface area (Å²) >= 11 is 0. The molecule has 0 spiro atoms. The number of carbonyl (C=O) groups excluding carboxylic acids is 3. The first-order valence-electron chi connectivity index (χ1n) is 8.29. The van der Waals surface area contributed by atoms with Crippen LogP contribution >= 0.6 is 0 Å². The Balaban J connectivity index is 2.69. The maximum atomic E-state index is 12.4. The molecule has 1 fully saturated rings. The van der Waals surface area contributed by atoms with E-state index in [0.29, 0.717) is 26.1 Å². The van der Waals surface area contributed by atoms with Gasteiger partial charge in [-0.15, -0.1) is 0 Å². The van der Waals surface area contributed by atoms with Crippen LogP contribution < -0.4 is 5.32 Å². The summed E-state index contributed by atoms with van der Waals surface area (Å²) < 4.78 is 15.7. The number of nitrogens with zero attached hydrogens (tertiary/aromatic N) is 2. The van der Waals surface area contributed by atoms with Crippen molar-refractivity contribution in [2.24, 2.45) is 0 Å². The van der Waals surface area contributed by atoms with Crippen LogP contribution in [0.1, 0.15) is 39.0 Å². The number of amides is 1. The zero-order valence-corrected chi connectivity index (χ0v) is 14.6. The van der Waals surface area contributed by atoms with Crippen molar-refractivity contribution in [3.8, 4) is 0 Å². The van der Waals surface area contributed by atoms with Gasteiger partial charge in [0.1, 0.15) is 18.2 Å². The van der Waals surface area contributed by atoms with E-state index in [1.807, 2.05) is 0 Å². The Hall–Kier alpha value is -2.09. The average molecular weight is 355 g/mol. The quantitative estimate of drug-likeness (QED) is 0.274. The Morgan fingerprint density at radius 2 is 2.12 bits per heavy atom. The van der Waals surface area contributed by atoms with Crippen LogP contribution in [-0.2, 0) is 28.6 Å². The first-order chi connectivity index (χ1) is 12.0. The van der Waals surface area contributed by atoms with E-state index in [2.05, 4.69) is 10.1 Å². The second kappa shape index (κ2) is 11.5. The predicted octanol–water partition coefficient (Wildman–Crippen LogP) is 0.268. The molecule has 0 saturated carbocycles.